The Bertz CT molecular complexity index is 565. The number of carbonyl (C=O) groups excluding carboxylic acids is 1. The summed E-state index contributed by atoms with van der Waals surface area (Å²) in [7, 11) is 0. The highest BCUT2D eigenvalue weighted by atomic mass is 16.2. The second-order valence-electron chi connectivity index (χ2n) is 8.61. The fourth-order valence-corrected chi connectivity index (χ4v) is 3.80. The summed E-state index contributed by atoms with van der Waals surface area (Å²) >= 11 is 0. The molecule has 1 N–H and O–H groups in total. The van der Waals surface area contributed by atoms with Crippen molar-refractivity contribution in [3.63, 3.8) is 0 Å². The lowest BCUT2D eigenvalue weighted by atomic mass is 9.86. The zero-order valence-electron chi connectivity index (χ0n) is 15.5. The van der Waals surface area contributed by atoms with Gasteiger partial charge in [0.15, 0.2) is 0 Å². The van der Waals surface area contributed by atoms with E-state index in [0.717, 1.165) is 18.2 Å². The summed E-state index contributed by atoms with van der Waals surface area (Å²) in [6.07, 6.45) is 8.75. The quantitative estimate of drug-likeness (QED) is 0.771. The third-order valence-corrected chi connectivity index (χ3v) is 5.40. The van der Waals surface area contributed by atoms with Crippen molar-refractivity contribution in [3.05, 3.63) is 29.8 Å². The fraction of sp³-hybridized carbons (Fsp3) is 0.667. The summed E-state index contributed by atoms with van der Waals surface area (Å²) in [5.74, 6) is 0.732. The molecule has 0 bridgehead atoms. The van der Waals surface area contributed by atoms with E-state index in [1.807, 2.05) is 12.1 Å². The summed E-state index contributed by atoms with van der Waals surface area (Å²) in [6, 6.07) is 8.76. The van der Waals surface area contributed by atoms with Gasteiger partial charge in [-0.25, -0.2) is 4.79 Å². The minimum Gasteiger partial charge on any atom is -0.321 e. The summed E-state index contributed by atoms with van der Waals surface area (Å²) in [5, 5.41) is 3.23. The van der Waals surface area contributed by atoms with Crippen LogP contribution in [0.15, 0.2) is 24.3 Å². The fourth-order valence-electron chi connectivity index (χ4n) is 3.80. The molecule has 0 aromatic heterocycles. The molecule has 2 aliphatic carbocycles. The number of benzene rings is 1. The Balaban J connectivity index is 1.75. The first-order chi connectivity index (χ1) is 11.4. The maximum Gasteiger partial charge on any atom is 0.322 e. The molecule has 3 nitrogen and oxygen atoms in total. The first kappa shape index (κ1) is 17.3. The van der Waals surface area contributed by atoms with Crippen LogP contribution in [0.4, 0.5) is 10.5 Å². The van der Waals surface area contributed by atoms with E-state index < -0.39 is 0 Å². The number of amides is 2. The predicted octanol–water partition coefficient (Wildman–Crippen LogP) is 5.56. The highest BCUT2D eigenvalue weighted by molar-refractivity contribution is 5.90. The van der Waals surface area contributed by atoms with E-state index in [1.165, 1.54) is 50.5 Å². The van der Waals surface area contributed by atoms with E-state index in [9.17, 15) is 4.79 Å². The van der Waals surface area contributed by atoms with Crippen LogP contribution in [0.3, 0.4) is 0 Å². The second-order valence-corrected chi connectivity index (χ2v) is 8.61. The maximum absolute atomic E-state index is 13.1. The van der Waals surface area contributed by atoms with Gasteiger partial charge in [0.2, 0.25) is 0 Å². The van der Waals surface area contributed by atoms with Crippen molar-refractivity contribution in [1.29, 1.82) is 0 Å². The normalized spacial score (nSPS) is 19.1. The van der Waals surface area contributed by atoms with Gasteiger partial charge >= 0.3 is 6.03 Å². The molecule has 2 fully saturated rings. The molecule has 2 aliphatic rings. The van der Waals surface area contributed by atoms with Crippen LogP contribution in [0.1, 0.15) is 71.3 Å². The minimum absolute atomic E-state index is 0.0238. The monoisotopic (exact) mass is 328 g/mol. The number of rotatable bonds is 4. The molecule has 3 rings (SSSR count). The van der Waals surface area contributed by atoms with Gasteiger partial charge in [-0.15, -0.1) is 0 Å². The molecule has 2 saturated carbocycles. The number of carbonyl (C=O) groups is 1. The summed E-state index contributed by atoms with van der Waals surface area (Å²) in [4.78, 5) is 15.2. The van der Waals surface area contributed by atoms with Gasteiger partial charge in [-0.3, -0.25) is 0 Å². The van der Waals surface area contributed by atoms with Crippen LogP contribution in [0.5, 0.6) is 0 Å². The Kier molecular flexibility index (Phi) is 5.17. The topological polar surface area (TPSA) is 32.3 Å². The van der Waals surface area contributed by atoms with Crippen LogP contribution >= 0.6 is 0 Å². The van der Waals surface area contributed by atoms with Crippen molar-refractivity contribution >= 4 is 11.7 Å². The van der Waals surface area contributed by atoms with Gasteiger partial charge in [0.05, 0.1) is 0 Å². The lowest BCUT2D eigenvalue weighted by Crippen LogP contribution is -2.45. The minimum atomic E-state index is 0.0238. The first-order valence-corrected chi connectivity index (χ1v) is 9.62. The molecular weight excluding hydrogens is 296 g/mol. The van der Waals surface area contributed by atoms with Gasteiger partial charge in [0.1, 0.15) is 0 Å². The van der Waals surface area contributed by atoms with E-state index in [4.69, 9.17) is 0 Å². The van der Waals surface area contributed by atoms with Crippen molar-refractivity contribution in [2.75, 3.05) is 11.9 Å². The maximum atomic E-state index is 13.1. The molecule has 1 aromatic carbocycles. The van der Waals surface area contributed by atoms with Crippen LogP contribution in [0, 0.1) is 5.92 Å². The van der Waals surface area contributed by atoms with Crippen LogP contribution in [0.25, 0.3) is 0 Å². The molecule has 3 heteroatoms. The number of anilines is 1. The molecule has 0 unspecified atom stereocenters. The standard InChI is InChI=1S/C21H32N2O/c1-21(2,3)18-11-7-8-12-19(18)22-20(24)23(15-16-13-14-16)17-9-5-4-6-10-17/h7-8,11-12,16-17H,4-6,9-10,13-15H2,1-3H3,(H,22,24). The van der Waals surface area contributed by atoms with Crippen LogP contribution in [-0.2, 0) is 5.41 Å². The zero-order valence-corrected chi connectivity index (χ0v) is 15.5. The van der Waals surface area contributed by atoms with Crippen molar-refractivity contribution in [1.82, 2.24) is 4.90 Å². The Labute approximate surface area is 146 Å². The second kappa shape index (κ2) is 7.16. The third-order valence-electron chi connectivity index (χ3n) is 5.40. The number of para-hydroxylation sites is 1. The van der Waals surface area contributed by atoms with Crippen LogP contribution < -0.4 is 5.32 Å². The third kappa shape index (κ3) is 4.31. The molecule has 1 aromatic rings. The van der Waals surface area contributed by atoms with Crippen molar-refractivity contribution in [2.45, 2.75) is 77.2 Å². The summed E-state index contributed by atoms with van der Waals surface area (Å²) < 4.78 is 0. The molecule has 0 spiro atoms. The van der Waals surface area contributed by atoms with E-state index >= 15 is 0 Å². The SMILES string of the molecule is CC(C)(C)c1ccccc1NC(=O)N(CC1CC1)C1CCCCC1. The summed E-state index contributed by atoms with van der Waals surface area (Å²) in [6.45, 7) is 7.53. The summed E-state index contributed by atoms with van der Waals surface area (Å²) in [5.41, 5.74) is 2.19. The lowest BCUT2D eigenvalue weighted by Gasteiger charge is -2.35. The Hall–Kier alpha value is -1.51. The molecular formula is C21H32N2O. The Morgan fingerprint density at radius 1 is 1.08 bits per heavy atom. The van der Waals surface area contributed by atoms with E-state index in [1.54, 1.807) is 0 Å². The molecule has 2 amide bonds. The highest BCUT2D eigenvalue weighted by Gasteiger charge is 2.32. The average molecular weight is 329 g/mol. The molecule has 0 atom stereocenters. The molecule has 24 heavy (non-hydrogen) atoms. The molecule has 0 aliphatic heterocycles. The smallest absolute Gasteiger partial charge is 0.321 e. The van der Waals surface area contributed by atoms with Gasteiger partial charge < -0.3 is 10.2 Å². The average Bonchev–Trinajstić information content (AvgIpc) is 3.37. The van der Waals surface area contributed by atoms with Crippen molar-refractivity contribution < 1.29 is 4.79 Å². The molecule has 132 valence electrons. The van der Waals surface area contributed by atoms with Gasteiger partial charge in [-0.1, -0.05) is 58.2 Å². The van der Waals surface area contributed by atoms with E-state index in [0.29, 0.717) is 6.04 Å². The lowest BCUT2D eigenvalue weighted by molar-refractivity contribution is 0.163. The Morgan fingerprint density at radius 3 is 2.38 bits per heavy atom. The number of urea groups is 1. The molecule has 0 radical (unpaired) electrons. The number of nitrogens with zero attached hydrogens (tertiary/aromatic N) is 1. The van der Waals surface area contributed by atoms with Crippen LogP contribution in [-0.4, -0.2) is 23.5 Å². The number of hydrogen-bond donors (Lipinski definition) is 1. The first-order valence-electron chi connectivity index (χ1n) is 9.62. The zero-order chi connectivity index (χ0) is 17.2. The highest BCUT2D eigenvalue weighted by Crippen LogP contribution is 2.34. The van der Waals surface area contributed by atoms with Crippen molar-refractivity contribution in [2.24, 2.45) is 5.92 Å². The predicted molar refractivity (Wildman–Crippen MR) is 100 cm³/mol. The number of nitrogens with one attached hydrogen (secondary N) is 1. The van der Waals surface area contributed by atoms with Gasteiger partial charge in [-0.2, -0.15) is 0 Å². The number of hydrogen-bond acceptors (Lipinski definition) is 1. The van der Waals surface area contributed by atoms with Crippen molar-refractivity contribution in [3.8, 4) is 0 Å². The van der Waals surface area contributed by atoms with Gasteiger partial charge in [0.25, 0.3) is 0 Å². The van der Waals surface area contributed by atoms with Crippen LogP contribution in [0.2, 0.25) is 0 Å². The Morgan fingerprint density at radius 2 is 1.75 bits per heavy atom. The molecule has 0 heterocycles. The largest absolute Gasteiger partial charge is 0.322 e. The van der Waals surface area contributed by atoms with E-state index in [2.05, 4.69) is 43.1 Å². The molecule has 0 saturated heterocycles. The van der Waals surface area contributed by atoms with E-state index in [-0.39, 0.29) is 11.4 Å². The van der Waals surface area contributed by atoms with Gasteiger partial charge in [0, 0.05) is 18.3 Å². The van der Waals surface area contributed by atoms with Gasteiger partial charge in [-0.05, 0) is 48.6 Å².